The molecule has 3 nitrogen and oxygen atoms in total. The number of rotatable bonds is 2. The molecule has 0 bridgehead atoms. The zero-order chi connectivity index (χ0) is 12.3. The normalized spacial score (nSPS) is 10.0. The van der Waals surface area contributed by atoms with E-state index in [1.165, 1.54) is 0 Å². The molecule has 0 radical (unpaired) electrons. The van der Waals surface area contributed by atoms with Crippen molar-refractivity contribution in [1.82, 2.24) is 4.98 Å². The molecule has 5 heteroatoms. The number of nitrogens with one attached hydrogen (secondary N) is 1. The number of pyridine rings is 1. The van der Waals surface area contributed by atoms with Gasteiger partial charge in [0.1, 0.15) is 5.69 Å². The monoisotopic (exact) mass is 310 g/mol. The number of nitrogens with zero attached hydrogens (tertiary/aromatic N) is 1. The van der Waals surface area contributed by atoms with Crippen molar-refractivity contribution >= 4 is 39.1 Å². The van der Waals surface area contributed by atoms with Gasteiger partial charge in [0.25, 0.3) is 5.91 Å². The quantitative estimate of drug-likeness (QED) is 0.918. The molecule has 2 aromatic rings. The lowest BCUT2D eigenvalue weighted by atomic mass is 10.3. The molecular weight excluding hydrogens is 304 g/mol. The molecule has 0 saturated heterocycles. The summed E-state index contributed by atoms with van der Waals surface area (Å²) in [7, 11) is 0. The van der Waals surface area contributed by atoms with Gasteiger partial charge in [-0.25, -0.2) is 0 Å². The van der Waals surface area contributed by atoms with Gasteiger partial charge in [-0.15, -0.1) is 0 Å². The minimum absolute atomic E-state index is 0.260. The van der Waals surface area contributed by atoms with Gasteiger partial charge < -0.3 is 5.32 Å². The summed E-state index contributed by atoms with van der Waals surface area (Å²) in [5.74, 6) is -0.260. The summed E-state index contributed by atoms with van der Waals surface area (Å²) in [6, 6.07) is 10.4. The number of carbonyl (C=O) groups excluding carboxylic acids is 1. The topological polar surface area (TPSA) is 42.0 Å². The Hall–Kier alpha value is -1.39. The van der Waals surface area contributed by atoms with E-state index in [0.29, 0.717) is 16.4 Å². The fraction of sp³-hybridized carbons (Fsp3) is 0. The second-order valence-corrected chi connectivity index (χ2v) is 4.56. The van der Waals surface area contributed by atoms with E-state index < -0.39 is 0 Å². The van der Waals surface area contributed by atoms with E-state index in [-0.39, 0.29) is 5.91 Å². The number of hydrogen-bond donors (Lipinski definition) is 1. The molecule has 0 aliphatic rings. The van der Waals surface area contributed by atoms with E-state index >= 15 is 0 Å². The van der Waals surface area contributed by atoms with Crippen molar-refractivity contribution in [1.29, 1.82) is 0 Å². The summed E-state index contributed by atoms with van der Waals surface area (Å²) in [6.45, 7) is 0. The van der Waals surface area contributed by atoms with Crippen molar-refractivity contribution < 1.29 is 4.79 Å². The van der Waals surface area contributed by atoms with E-state index in [0.717, 1.165) is 4.47 Å². The summed E-state index contributed by atoms with van der Waals surface area (Å²) in [6.07, 6.45) is 1.57. The first-order valence-electron chi connectivity index (χ1n) is 4.84. The molecule has 17 heavy (non-hydrogen) atoms. The molecule has 0 unspecified atom stereocenters. The van der Waals surface area contributed by atoms with Crippen LogP contribution in [0.3, 0.4) is 0 Å². The number of amides is 1. The van der Waals surface area contributed by atoms with Crippen molar-refractivity contribution in [3.8, 4) is 0 Å². The second-order valence-electron chi connectivity index (χ2n) is 3.30. The Labute approximate surface area is 112 Å². The molecule has 0 spiro atoms. The predicted octanol–water partition coefficient (Wildman–Crippen LogP) is 3.75. The van der Waals surface area contributed by atoms with Crippen LogP contribution in [0.5, 0.6) is 0 Å². The van der Waals surface area contributed by atoms with Crippen LogP contribution in [0.2, 0.25) is 5.02 Å². The van der Waals surface area contributed by atoms with E-state index in [1.54, 1.807) is 42.6 Å². The third-order valence-electron chi connectivity index (χ3n) is 2.08. The van der Waals surface area contributed by atoms with Crippen LogP contribution in [0, 0.1) is 0 Å². The van der Waals surface area contributed by atoms with Crippen LogP contribution in [0.1, 0.15) is 10.5 Å². The van der Waals surface area contributed by atoms with Crippen molar-refractivity contribution in [2.75, 3.05) is 5.32 Å². The molecule has 1 aromatic carbocycles. The fourth-order valence-corrected chi connectivity index (χ4v) is 1.69. The molecule has 0 aliphatic carbocycles. The first kappa shape index (κ1) is 12.1. The highest BCUT2D eigenvalue weighted by atomic mass is 79.9. The smallest absolute Gasteiger partial charge is 0.274 e. The average Bonchev–Trinajstić information content (AvgIpc) is 2.35. The zero-order valence-corrected chi connectivity index (χ0v) is 11.0. The molecule has 1 N–H and O–H groups in total. The van der Waals surface area contributed by atoms with Gasteiger partial charge >= 0.3 is 0 Å². The molecule has 0 fully saturated rings. The maximum atomic E-state index is 11.8. The van der Waals surface area contributed by atoms with E-state index in [2.05, 4.69) is 26.2 Å². The van der Waals surface area contributed by atoms with Gasteiger partial charge in [-0.3, -0.25) is 9.78 Å². The van der Waals surface area contributed by atoms with Crippen LogP contribution in [0.15, 0.2) is 47.1 Å². The number of hydrogen-bond acceptors (Lipinski definition) is 2. The van der Waals surface area contributed by atoms with Crippen LogP contribution in [-0.2, 0) is 0 Å². The van der Waals surface area contributed by atoms with Gasteiger partial charge in [-0.2, -0.15) is 0 Å². The summed E-state index contributed by atoms with van der Waals surface area (Å²) in [5, 5.41) is 3.26. The van der Waals surface area contributed by atoms with Gasteiger partial charge in [0.05, 0.1) is 5.02 Å². The van der Waals surface area contributed by atoms with E-state index in [9.17, 15) is 4.79 Å². The second kappa shape index (κ2) is 5.29. The number of benzene rings is 1. The zero-order valence-electron chi connectivity index (χ0n) is 8.65. The molecule has 86 valence electrons. The Morgan fingerprint density at radius 3 is 2.76 bits per heavy atom. The number of anilines is 1. The molecular formula is C12H8BrClN2O. The molecule has 0 saturated carbocycles. The molecule has 2 rings (SSSR count). The summed E-state index contributed by atoms with van der Waals surface area (Å²) >= 11 is 9.21. The van der Waals surface area contributed by atoms with Crippen molar-refractivity contribution in [3.63, 3.8) is 0 Å². The summed E-state index contributed by atoms with van der Waals surface area (Å²) < 4.78 is 0.787. The molecule has 1 heterocycles. The van der Waals surface area contributed by atoms with Gasteiger partial charge in [0.15, 0.2) is 0 Å². The van der Waals surface area contributed by atoms with Crippen LogP contribution in [-0.4, -0.2) is 10.9 Å². The summed E-state index contributed by atoms with van der Waals surface area (Å²) in [5.41, 5.74) is 1.00. The number of halogens is 2. The first-order chi connectivity index (χ1) is 8.16. The Morgan fingerprint density at radius 2 is 2.12 bits per heavy atom. The maximum Gasteiger partial charge on any atom is 0.274 e. The molecule has 0 aliphatic heterocycles. The minimum atomic E-state index is -0.260. The predicted molar refractivity (Wildman–Crippen MR) is 71.3 cm³/mol. The van der Waals surface area contributed by atoms with Crippen LogP contribution >= 0.6 is 27.5 Å². The van der Waals surface area contributed by atoms with Crippen LogP contribution < -0.4 is 5.32 Å². The Kier molecular flexibility index (Phi) is 3.76. The maximum absolute atomic E-state index is 11.8. The molecule has 1 amide bonds. The summed E-state index contributed by atoms with van der Waals surface area (Å²) in [4.78, 5) is 15.7. The third-order valence-corrected chi connectivity index (χ3v) is 3.31. The Balaban J connectivity index is 2.16. The lowest BCUT2D eigenvalue weighted by molar-refractivity contribution is 0.102. The Morgan fingerprint density at radius 1 is 1.29 bits per heavy atom. The van der Waals surface area contributed by atoms with Gasteiger partial charge in [-0.1, -0.05) is 17.7 Å². The van der Waals surface area contributed by atoms with Crippen molar-refractivity contribution in [2.24, 2.45) is 0 Å². The van der Waals surface area contributed by atoms with Gasteiger partial charge in [0.2, 0.25) is 0 Å². The minimum Gasteiger partial charge on any atom is -0.321 e. The lowest BCUT2D eigenvalue weighted by Crippen LogP contribution is -2.13. The standard InChI is InChI=1S/C12H8BrClN2O/c13-9-5-4-8(7-10(9)14)16-12(17)11-3-1-2-6-15-11/h1-7H,(H,16,17). The highest BCUT2D eigenvalue weighted by Crippen LogP contribution is 2.25. The highest BCUT2D eigenvalue weighted by Gasteiger charge is 2.07. The first-order valence-corrected chi connectivity index (χ1v) is 6.01. The lowest BCUT2D eigenvalue weighted by Gasteiger charge is -2.05. The van der Waals surface area contributed by atoms with Gasteiger partial charge in [0, 0.05) is 16.4 Å². The Bertz CT molecular complexity index is 545. The third kappa shape index (κ3) is 3.05. The largest absolute Gasteiger partial charge is 0.321 e. The van der Waals surface area contributed by atoms with Crippen LogP contribution in [0.25, 0.3) is 0 Å². The van der Waals surface area contributed by atoms with Crippen molar-refractivity contribution in [3.05, 3.63) is 57.8 Å². The number of aromatic nitrogens is 1. The SMILES string of the molecule is O=C(Nc1ccc(Br)c(Cl)c1)c1ccccn1. The number of carbonyl (C=O) groups is 1. The molecule has 0 atom stereocenters. The fourth-order valence-electron chi connectivity index (χ4n) is 1.27. The average molecular weight is 312 g/mol. The molecule has 1 aromatic heterocycles. The van der Waals surface area contributed by atoms with E-state index in [1.807, 2.05) is 0 Å². The highest BCUT2D eigenvalue weighted by molar-refractivity contribution is 9.10. The van der Waals surface area contributed by atoms with Crippen LogP contribution in [0.4, 0.5) is 5.69 Å². The van der Waals surface area contributed by atoms with E-state index in [4.69, 9.17) is 11.6 Å². The van der Waals surface area contributed by atoms with Gasteiger partial charge in [-0.05, 0) is 46.3 Å². The van der Waals surface area contributed by atoms with Crippen molar-refractivity contribution in [2.45, 2.75) is 0 Å².